The van der Waals surface area contributed by atoms with E-state index in [1.165, 1.54) is 0 Å². The van der Waals surface area contributed by atoms with Gasteiger partial charge in [-0.1, -0.05) is 12.1 Å². The quantitative estimate of drug-likeness (QED) is 0.828. The Hall–Kier alpha value is -1.30. The van der Waals surface area contributed by atoms with Crippen LogP contribution in [0.3, 0.4) is 0 Å². The number of piperazine rings is 1. The summed E-state index contributed by atoms with van der Waals surface area (Å²) >= 11 is 0. The van der Waals surface area contributed by atoms with Crippen molar-refractivity contribution in [3.05, 3.63) is 24.3 Å². The summed E-state index contributed by atoms with van der Waals surface area (Å²) in [6.45, 7) is 8.44. The molecule has 21 heavy (non-hydrogen) atoms. The standard InChI is InChI=1S/C16H26N2O3/c1-13(2)21-12-14(19)11-17-7-9-18(10-8-17)15-5-3-4-6-16(15)20/h3-6,13-14,19-20H,7-12H2,1-2H3. The summed E-state index contributed by atoms with van der Waals surface area (Å²) in [5.74, 6) is 0.330. The normalized spacial score (nSPS) is 18.2. The minimum atomic E-state index is -0.441. The van der Waals surface area contributed by atoms with Gasteiger partial charge in [0.1, 0.15) is 5.75 Å². The first kappa shape index (κ1) is 16.1. The summed E-state index contributed by atoms with van der Waals surface area (Å²) in [6.07, 6.45) is -0.290. The van der Waals surface area contributed by atoms with E-state index in [4.69, 9.17) is 4.74 Å². The van der Waals surface area contributed by atoms with Crippen molar-refractivity contribution in [2.24, 2.45) is 0 Å². The SMILES string of the molecule is CC(C)OCC(O)CN1CCN(c2ccccc2O)CC1. The van der Waals surface area contributed by atoms with E-state index in [9.17, 15) is 10.2 Å². The third-order valence-corrected chi connectivity index (χ3v) is 3.69. The van der Waals surface area contributed by atoms with Gasteiger partial charge in [-0.05, 0) is 26.0 Å². The Bertz CT molecular complexity index is 431. The van der Waals surface area contributed by atoms with Crippen LogP contribution in [0.2, 0.25) is 0 Å². The predicted molar refractivity (Wildman–Crippen MR) is 83.9 cm³/mol. The fraction of sp³-hybridized carbons (Fsp3) is 0.625. The van der Waals surface area contributed by atoms with E-state index in [0.717, 1.165) is 31.9 Å². The second kappa shape index (κ2) is 7.64. The second-order valence-electron chi connectivity index (χ2n) is 5.81. The minimum Gasteiger partial charge on any atom is -0.506 e. The highest BCUT2D eigenvalue weighted by Gasteiger charge is 2.20. The topological polar surface area (TPSA) is 56.2 Å². The van der Waals surface area contributed by atoms with Gasteiger partial charge in [0.15, 0.2) is 0 Å². The first-order chi connectivity index (χ1) is 10.1. The number of aliphatic hydroxyl groups excluding tert-OH is 1. The molecule has 0 saturated carbocycles. The Morgan fingerprint density at radius 3 is 2.43 bits per heavy atom. The van der Waals surface area contributed by atoms with Crippen LogP contribution in [0.4, 0.5) is 5.69 Å². The number of anilines is 1. The average molecular weight is 294 g/mol. The largest absolute Gasteiger partial charge is 0.506 e. The van der Waals surface area contributed by atoms with Crippen LogP contribution in [0.1, 0.15) is 13.8 Å². The van der Waals surface area contributed by atoms with Gasteiger partial charge < -0.3 is 19.8 Å². The number of β-amino-alcohol motifs (C(OH)–C–C–N with tert-alkyl or cyclic N) is 1. The van der Waals surface area contributed by atoms with E-state index < -0.39 is 6.10 Å². The van der Waals surface area contributed by atoms with Crippen LogP contribution in [-0.4, -0.2) is 66.7 Å². The van der Waals surface area contributed by atoms with Crippen LogP contribution in [0, 0.1) is 0 Å². The van der Waals surface area contributed by atoms with Crippen molar-refractivity contribution in [3.63, 3.8) is 0 Å². The smallest absolute Gasteiger partial charge is 0.138 e. The summed E-state index contributed by atoms with van der Waals surface area (Å²) in [6, 6.07) is 7.43. The van der Waals surface area contributed by atoms with Gasteiger partial charge in [0.2, 0.25) is 0 Å². The first-order valence-electron chi connectivity index (χ1n) is 7.61. The van der Waals surface area contributed by atoms with Gasteiger partial charge in [-0.25, -0.2) is 0 Å². The minimum absolute atomic E-state index is 0.151. The molecule has 1 unspecified atom stereocenters. The molecule has 0 spiro atoms. The molecule has 118 valence electrons. The Labute approximate surface area is 126 Å². The number of phenolic OH excluding ortho intramolecular Hbond substituents is 1. The van der Waals surface area contributed by atoms with Crippen LogP contribution < -0.4 is 4.90 Å². The molecule has 1 saturated heterocycles. The van der Waals surface area contributed by atoms with Crippen LogP contribution in [-0.2, 0) is 4.74 Å². The van der Waals surface area contributed by atoms with Gasteiger partial charge in [-0.15, -0.1) is 0 Å². The molecular formula is C16H26N2O3. The number of para-hydroxylation sites is 2. The number of nitrogens with zero attached hydrogens (tertiary/aromatic N) is 2. The fourth-order valence-electron chi connectivity index (χ4n) is 2.56. The number of ether oxygens (including phenoxy) is 1. The van der Waals surface area contributed by atoms with Crippen LogP contribution in [0.25, 0.3) is 0 Å². The lowest BCUT2D eigenvalue weighted by atomic mass is 10.2. The lowest BCUT2D eigenvalue weighted by Crippen LogP contribution is -2.49. The van der Waals surface area contributed by atoms with E-state index in [1.54, 1.807) is 6.07 Å². The van der Waals surface area contributed by atoms with Gasteiger partial charge in [-0.3, -0.25) is 4.90 Å². The van der Waals surface area contributed by atoms with Gasteiger partial charge in [-0.2, -0.15) is 0 Å². The van der Waals surface area contributed by atoms with Crippen molar-refractivity contribution < 1.29 is 14.9 Å². The summed E-state index contributed by atoms with van der Waals surface area (Å²) in [4.78, 5) is 4.42. The molecule has 1 aromatic carbocycles. The molecule has 1 fully saturated rings. The molecule has 0 bridgehead atoms. The maximum Gasteiger partial charge on any atom is 0.138 e. The fourth-order valence-corrected chi connectivity index (χ4v) is 2.56. The summed E-state index contributed by atoms with van der Waals surface area (Å²) in [5, 5.41) is 19.8. The van der Waals surface area contributed by atoms with E-state index in [2.05, 4.69) is 9.80 Å². The van der Waals surface area contributed by atoms with E-state index in [1.807, 2.05) is 32.0 Å². The highest BCUT2D eigenvalue weighted by Crippen LogP contribution is 2.27. The van der Waals surface area contributed by atoms with Crippen molar-refractivity contribution in [1.82, 2.24) is 4.90 Å². The molecule has 5 nitrogen and oxygen atoms in total. The highest BCUT2D eigenvalue weighted by molar-refractivity contribution is 5.57. The highest BCUT2D eigenvalue weighted by atomic mass is 16.5. The van der Waals surface area contributed by atoms with Crippen LogP contribution in [0.5, 0.6) is 5.75 Å². The van der Waals surface area contributed by atoms with E-state index in [-0.39, 0.29) is 6.10 Å². The molecule has 1 aromatic rings. The van der Waals surface area contributed by atoms with Gasteiger partial charge in [0.25, 0.3) is 0 Å². The van der Waals surface area contributed by atoms with Gasteiger partial charge >= 0.3 is 0 Å². The molecule has 0 aromatic heterocycles. The summed E-state index contributed by atoms with van der Waals surface area (Å²) in [7, 11) is 0. The predicted octanol–water partition coefficient (Wildman–Crippen LogP) is 1.30. The number of aromatic hydroxyl groups is 1. The number of benzene rings is 1. The molecular weight excluding hydrogens is 268 g/mol. The molecule has 5 heteroatoms. The average Bonchev–Trinajstić information content (AvgIpc) is 2.47. The lowest BCUT2D eigenvalue weighted by Gasteiger charge is -2.37. The molecule has 0 radical (unpaired) electrons. The zero-order valence-electron chi connectivity index (χ0n) is 12.9. The molecule has 0 amide bonds. The third-order valence-electron chi connectivity index (χ3n) is 3.69. The van der Waals surface area contributed by atoms with Crippen molar-refractivity contribution >= 4 is 5.69 Å². The van der Waals surface area contributed by atoms with Crippen LogP contribution >= 0.6 is 0 Å². The van der Waals surface area contributed by atoms with Crippen molar-refractivity contribution in [2.45, 2.75) is 26.1 Å². The Balaban J connectivity index is 1.77. The lowest BCUT2D eigenvalue weighted by molar-refractivity contribution is -0.00900. The molecule has 1 aliphatic rings. The van der Waals surface area contributed by atoms with Gasteiger partial charge in [0.05, 0.1) is 24.5 Å². The zero-order valence-corrected chi connectivity index (χ0v) is 12.9. The number of hydrogen-bond donors (Lipinski definition) is 2. The van der Waals surface area contributed by atoms with Crippen molar-refractivity contribution in [1.29, 1.82) is 0 Å². The van der Waals surface area contributed by atoms with E-state index >= 15 is 0 Å². The molecule has 0 aliphatic carbocycles. The molecule has 2 rings (SSSR count). The summed E-state index contributed by atoms with van der Waals surface area (Å²) in [5.41, 5.74) is 0.890. The number of phenols is 1. The number of rotatable bonds is 6. The molecule has 1 heterocycles. The molecule has 1 atom stereocenters. The monoisotopic (exact) mass is 294 g/mol. The maximum absolute atomic E-state index is 9.96. The third kappa shape index (κ3) is 4.88. The van der Waals surface area contributed by atoms with Crippen molar-refractivity contribution in [3.8, 4) is 5.75 Å². The first-order valence-corrected chi connectivity index (χ1v) is 7.61. The summed E-state index contributed by atoms with van der Waals surface area (Å²) < 4.78 is 5.43. The van der Waals surface area contributed by atoms with Crippen molar-refractivity contribution in [2.75, 3.05) is 44.2 Å². The Kier molecular flexibility index (Phi) is 5.85. The number of aliphatic hydroxyl groups is 1. The Morgan fingerprint density at radius 2 is 1.81 bits per heavy atom. The molecule has 2 N–H and O–H groups in total. The zero-order chi connectivity index (χ0) is 15.2. The Morgan fingerprint density at radius 1 is 1.14 bits per heavy atom. The number of hydrogen-bond acceptors (Lipinski definition) is 5. The second-order valence-corrected chi connectivity index (χ2v) is 5.81. The maximum atomic E-state index is 9.96. The van der Waals surface area contributed by atoms with E-state index in [0.29, 0.717) is 18.9 Å². The van der Waals surface area contributed by atoms with Crippen LogP contribution in [0.15, 0.2) is 24.3 Å². The van der Waals surface area contributed by atoms with Gasteiger partial charge in [0, 0.05) is 32.7 Å². The molecule has 1 aliphatic heterocycles.